The number of nitrogens with zero attached hydrogens (tertiary/aromatic N) is 4. The number of benzene rings is 1. The number of anilines is 3. The molecule has 4 aromatic rings. The molecule has 0 fully saturated rings. The largest absolute Gasteiger partial charge is 0.495 e. The van der Waals surface area contributed by atoms with Crippen molar-refractivity contribution >= 4 is 33.3 Å². The van der Waals surface area contributed by atoms with Crippen LogP contribution in [0, 0.1) is 6.92 Å². The molecule has 0 spiro atoms. The Kier molecular flexibility index (Phi) is 8.03. The predicted octanol–water partition coefficient (Wildman–Crippen LogP) is 4.48. The van der Waals surface area contributed by atoms with Gasteiger partial charge in [-0.25, -0.2) is 18.4 Å². The summed E-state index contributed by atoms with van der Waals surface area (Å²) in [4.78, 5) is 25.8. The van der Waals surface area contributed by atoms with Gasteiger partial charge in [0, 0.05) is 42.4 Å². The Morgan fingerprint density at radius 1 is 1.08 bits per heavy atom. The van der Waals surface area contributed by atoms with Crippen LogP contribution in [0.2, 0.25) is 0 Å². The molecule has 38 heavy (non-hydrogen) atoms. The second kappa shape index (κ2) is 11.4. The highest BCUT2D eigenvalue weighted by molar-refractivity contribution is 7.89. The Hall–Kier alpha value is -4.29. The maximum Gasteiger partial charge on any atom is 0.291 e. The molecule has 0 radical (unpaired) electrons. The summed E-state index contributed by atoms with van der Waals surface area (Å²) in [5.74, 6) is 0.275. The lowest BCUT2D eigenvalue weighted by atomic mass is 10.1. The summed E-state index contributed by atoms with van der Waals surface area (Å²) >= 11 is 0. The third-order valence-corrected chi connectivity index (χ3v) is 7.67. The molecule has 0 atom stereocenters. The topological polar surface area (TPSA) is 140 Å². The van der Waals surface area contributed by atoms with E-state index >= 15 is 0 Å². The van der Waals surface area contributed by atoms with Crippen molar-refractivity contribution in [3.8, 4) is 17.0 Å². The number of aryl methyl sites for hydroxylation is 1. The van der Waals surface area contributed by atoms with Crippen molar-refractivity contribution < 1.29 is 22.4 Å². The number of aromatic nitrogens is 3. The minimum absolute atomic E-state index is 0.117. The van der Waals surface area contributed by atoms with Gasteiger partial charge in [-0.15, -0.1) is 0 Å². The third kappa shape index (κ3) is 5.82. The van der Waals surface area contributed by atoms with E-state index in [1.54, 1.807) is 57.7 Å². The normalized spacial score (nSPS) is 11.4. The molecule has 3 aromatic heterocycles. The molecule has 2 N–H and O–H groups in total. The number of sulfonamides is 1. The van der Waals surface area contributed by atoms with E-state index in [4.69, 9.17) is 9.15 Å². The summed E-state index contributed by atoms with van der Waals surface area (Å²) in [5, 5.41) is 5.64. The highest BCUT2D eigenvalue weighted by Gasteiger charge is 2.26. The van der Waals surface area contributed by atoms with Gasteiger partial charge in [0.2, 0.25) is 11.0 Å². The van der Waals surface area contributed by atoms with Crippen LogP contribution in [0.1, 0.15) is 30.0 Å². The van der Waals surface area contributed by atoms with Crippen LogP contribution in [-0.4, -0.2) is 53.8 Å². The van der Waals surface area contributed by atoms with Crippen LogP contribution in [-0.2, 0) is 10.0 Å². The van der Waals surface area contributed by atoms with E-state index < -0.39 is 15.9 Å². The number of carbonyl (C=O) groups excluding carboxylic acids is 1. The molecule has 3 heterocycles. The van der Waals surface area contributed by atoms with Crippen molar-refractivity contribution in [1.82, 2.24) is 19.3 Å². The Labute approximate surface area is 221 Å². The minimum Gasteiger partial charge on any atom is -0.495 e. The molecular formula is C26H28N6O5S. The van der Waals surface area contributed by atoms with E-state index in [-0.39, 0.29) is 10.9 Å². The summed E-state index contributed by atoms with van der Waals surface area (Å²) < 4.78 is 37.2. The molecule has 0 aliphatic carbocycles. The fourth-order valence-corrected chi connectivity index (χ4v) is 5.04. The van der Waals surface area contributed by atoms with Crippen molar-refractivity contribution in [2.75, 3.05) is 30.8 Å². The maximum atomic E-state index is 12.8. The highest BCUT2D eigenvalue weighted by Crippen LogP contribution is 2.26. The van der Waals surface area contributed by atoms with Gasteiger partial charge in [-0.05, 0) is 48.9 Å². The van der Waals surface area contributed by atoms with Gasteiger partial charge in [0.1, 0.15) is 5.75 Å². The van der Waals surface area contributed by atoms with Crippen molar-refractivity contribution in [3.05, 3.63) is 72.4 Å². The van der Waals surface area contributed by atoms with E-state index in [2.05, 4.69) is 25.6 Å². The molecule has 0 bridgehead atoms. The summed E-state index contributed by atoms with van der Waals surface area (Å²) in [6.45, 7) is 5.96. The first-order valence-electron chi connectivity index (χ1n) is 11.9. The van der Waals surface area contributed by atoms with Crippen LogP contribution in [0.25, 0.3) is 11.3 Å². The smallest absolute Gasteiger partial charge is 0.291 e. The number of nitrogens with one attached hydrogen (secondary N) is 2. The molecule has 1 aromatic carbocycles. The standard InChI is InChI=1S/C26H28N6O5S/c1-5-32(6-2)38(34,35)24-10-9-23(37-24)25(33)29-19-8-7-17(3)22(14-19)31-26-28-12-11-21(30-26)18-13-20(36-4)16-27-15-18/h7-16H,5-6H2,1-4H3,(H,29,33)(H,28,30,31). The average molecular weight is 537 g/mol. The lowest BCUT2D eigenvalue weighted by Gasteiger charge is -2.16. The summed E-state index contributed by atoms with van der Waals surface area (Å²) in [7, 11) is -2.24. The SMILES string of the molecule is CCN(CC)S(=O)(=O)c1ccc(C(=O)Nc2ccc(C)c(Nc3nccc(-c4cncc(OC)c4)n3)c2)o1. The fraction of sp³-hybridized carbons (Fsp3) is 0.231. The first kappa shape index (κ1) is 26.8. The van der Waals surface area contributed by atoms with Crippen LogP contribution in [0.4, 0.5) is 17.3 Å². The van der Waals surface area contributed by atoms with Gasteiger partial charge in [0.15, 0.2) is 5.76 Å². The number of hydrogen-bond acceptors (Lipinski definition) is 9. The fourth-order valence-electron chi connectivity index (χ4n) is 3.67. The van der Waals surface area contributed by atoms with Crippen molar-refractivity contribution in [2.24, 2.45) is 0 Å². The summed E-state index contributed by atoms with van der Waals surface area (Å²) in [6, 6.07) is 11.5. The molecule has 4 rings (SSSR count). The zero-order valence-electron chi connectivity index (χ0n) is 21.4. The highest BCUT2D eigenvalue weighted by atomic mass is 32.2. The Morgan fingerprint density at radius 2 is 1.87 bits per heavy atom. The molecular weight excluding hydrogens is 508 g/mol. The van der Waals surface area contributed by atoms with E-state index in [0.717, 1.165) is 11.1 Å². The second-order valence-corrected chi connectivity index (χ2v) is 10.1. The number of carbonyl (C=O) groups is 1. The van der Waals surface area contributed by atoms with Crippen molar-refractivity contribution in [1.29, 1.82) is 0 Å². The van der Waals surface area contributed by atoms with E-state index in [1.807, 2.05) is 19.1 Å². The van der Waals surface area contributed by atoms with Gasteiger partial charge in [0.25, 0.3) is 15.9 Å². The minimum atomic E-state index is -3.81. The van der Waals surface area contributed by atoms with Gasteiger partial charge < -0.3 is 19.8 Å². The summed E-state index contributed by atoms with van der Waals surface area (Å²) in [5.41, 5.74) is 3.47. The Morgan fingerprint density at radius 3 is 2.61 bits per heavy atom. The first-order valence-corrected chi connectivity index (χ1v) is 13.3. The second-order valence-electron chi connectivity index (χ2n) is 8.20. The lowest BCUT2D eigenvalue weighted by Crippen LogP contribution is -2.30. The lowest BCUT2D eigenvalue weighted by molar-refractivity contribution is 0.0991. The number of pyridine rings is 1. The number of ether oxygens (including phenoxy) is 1. The number of rotatable bonds is 10. The van der Waals surface area contributed by atoms with E-state index in [9.17, 15) is 13.2 Å². The van der Waals surface area contributed by atoms with Crippen LogP contribution in [0.3, 0.4) is 0 Å². The van der Waals surface area contributed by atoms with Crippen LogP contribution >= 0.6 is 0 Å². The molecule has 1 amide bonds. The zero-order chi connectivity index (χ0) is 27.3. The molecule has 11 nitrogen and oxygen atoms in total. The van der Waals surface area contributed by atoms with Gasteiger partial charge in [0.05, 0.1) is 19.0 Å². The molecule has 0 unspecified atom stereocenters. The number of methoxy groups -OCH3 is 1. The van der Waals surface area contributed by atoms with E-state index in [0.29, 0.717) is 41.9 Å². The van der Waals surface area contributed by atoms with Crippen molar-refractivity contribution in [2.45, 2.75) is 25.9 Å². The molecule has 0 saturated heterocycles. The van der Waals surface area contributed by atoms with Gasteiger partial charge in [-0.3, -0.25) is 9.78 Å². The molecule has 12 heteroatoms. The quantitative estimate of drug-likeness (QED) is 0.300. The van der Waals surface area contributed by atoms with Gasteiger partial charge in [-0.2, -0.15) is 4.31 Å². The van der Waals surface area contributed by atoms with E-state index in [1.165, 1.54) is 16.4 Å². The van der Waals surface area contributed by atoms with Crippen molar-refractivity contribution in [3.63, 3.8) is 0 Å². The summed E-state index contributed by atoms with van der Waals surface area (Å²) in [6.07, 6.45) is 4.93. The molecule has 198 valence electrons. The number of amides is 1. The number of hydrogen-bond donors (Lipinski definition) is 2. The van der Waals surface area contributed by atoms with Crippen LogP contribution in [0.15, 0.2) is 70.6 Å². The predicted molar refractivity (Wildman–Crippen MR) is 143 cm³/mol. The average Bonchev–Trinajstić information content (AvgIpc) is 3.43. The van der Waals surface area contributed by atoms with Gasteiger partial charge >= 0.3 is 0 Å². The zero-order valence-corrected chi connectivity index (χ0v) is 22.2. The molecule has 0 aliphatic rings. The molecule has 0 aliphatic heterocycles. The Bertz CT molecular complexity index is 1550. The maximum absolute atomic E-state index is 12.8. The molecule has 0 saturated carbocycles. The van der Waals surface area contributed by atoms with Gasteiger partial charge in [-0.1, -0.05) is 19.9 Å². The van der Waals surface area contributed by atoms with Crippen LogP contribution in [0.5, 0.6) is 5.75 Å². The third-order valence-electron chi connectivity index (χ3n) is 5.75. The first-order chi connectivity index (χ1) is 18.2. The monoisotopic (exact) mass is 536 g/mol. The number of furan rings is 1. The van der Waals surface area contributed by atoms with Crippen LogP contribution < -0.4 is 15.4 Å². The Balaban J connectivity index is 1.51.